The van der Waals surface area contributed by atoms with Crippen LogP contribution >= 0.6 is 0 Å². The van der Waals surface area contributed by atoms with Gasteiger partial charge in [-0.15, -0.1) is 0 Å². The molecule has 0 aliphatic carbocycles. The Morgan fingerprint density at radius 2 is 1.92 bits per heavy atom. The number of benzene rings is 1. The molecular weight excluding hydrogens is 192 g/mol. The van der Waals surface area contributed by atoms with Gasteiger partial charge >= 0.3 is 5.69 Å². The number of hydrogen-bond acceptors (Lipinski definition) is 3. The molecule has 0 aliphatic rings. The number of methoxy groups -OCH3 is 2. The summed E-state index contributed by atoms with van der Waals surface area (Å²) < 4.78 is 9.96. The maximum atomic E-state index is 8.56. The highest BCUT2D eigenvalue weighted by Crippen LogP contribution is 2.36. The third-order valence-corrected chi connectivity index (χ3v) is 1.49. The minimum absolute atomic E-state index is 0. The van der Waals surface area contributed by atoms with Crippen LogP contribution in [0.1, 0.15) is 0 Å². The molecule has 1 aromatic rings. The Bertz CT molecular complexity index is 322. The maximum absolute atomic E-state index is 8.56. The van der Waals surface area contributed by atoms with E-state index >= 15 is 0 Å². The summed E-state index contributed by atoms with van der Waals surface area (Å²) in [6, 6.07) is 5.07. The monoisotopic (exact) mass is 200 g/mol. The fourth-order valence-corrected chi connectivity index (χ4v) is 0.949. The van der Waals surface area contributed by atoms with Crippen LogP contribution in [0.5, 0.6) is 11.5 Å². The van der Waals surface area contributed by atoms with E-state index in [0.717, 1.165) is 0 Å². The molecule has 0 N–H and O–H groups in total. The quantitative estimate of drug-likeness (QED) is 0.587. The van der Waals surface area contributed by atoms with E-state index in [4.69, 9.17) is 14.9 Å². The standard InChI is InChI=1S/C8H9N2O2.ClH/c1-11-7-5-3-4-6(10-9)8(7)12-2;/h3-5H,1-2H3;1H/q+1;/p-1. The molecule has 0 fully saturated rings. The maximum Gasteiger partial charge on any atom is 0.430 e. The molecule has 0 aliphatic heterocycles. The van der Waals surface area contributed by atoms with Crippen molar-refractivity contribution in [2.75, 3.05) is 14.2 Å². The van der Waals surface area contributed by atoms with Gasteiger partial charge in [0.05, 0.1) is 14.2 Å². The summed E-state index contributed by atoms with van der Waals surface area (Å²) >= 11 is 0. The summed E-state index contributed by atoms with van der Waals surface area (Å²) in [5.41, 5.74) is 0.358. The Hall–Kier alpha value is -1.47. The van der Waals surface area contributed by atoms with Gasteiger partial charge in [-0.3, -0.25) is 0 Å². The third-order valence-electron chi connectivity index (χ3n) is 1.49. The van der Waals surface area contributed by atoms with Crippen molar-refractivity contribution in [1.29, 1.82) is 5.39 Å². The van der Waals surface area contributed by atoms with E-state index in [1.54, 1.807) is 18.2 Å². The molecule has 0 amide bonds. The van der Waals surface area contributed by atoms with Crippen LogP contribution in [-0.2, 0) is 0 Å². The summed E-state index contributed by atoms with van der Waals surface area (Å²) in [7, 11) is 3.02. The molecule has 0 atom stereocenters. The van der Waals surface area contributed by atoms with Gasteiger partial charge in [-0.2, -0.15) is 0 Å². The second-order valence-corrected chi connectivity index (χ2v) is 2.11. The molecule has 4 nitrogen and oxygen atoms in total. The predicted molar refractivity (Wildman–Crippen MR) is 44.3 cm³/mol. The van der Waals surface area contributed by atoms with Gasteiger partial charge in [-0.25, -0.2) is 0 Å². The highest BCUT2D eigenvalue weighted by atomic mass is 35.5. The van der Waals surface area contributed by atoms with E-state index in [9.17, 15) is 0 Å². The lowest BCUT2D eigenvalue weighted by atomic mass is 10.3. The van der Waals surface area contributed by atoms with Crippen LogP contribution in [0, 0.1) is 5.39 Å². The topological polar surface area (TPSA) is 46.6 Å². The SMILES string of the molecule is COc1cccc([N+]#N)c1OC.[Cl-]. The predicted octanol–water partition coefficient (Wildman–Crippen LogP) is -0.808. The Morgan fingerprint density at radius 1 is 1.23 bits per heavy atom. The number of nitrogens with zero attached hydrogens (tertiary/aromatic N) is 2. The number of halogens is 1. The number of hydrogen-bond donors (Lipinski definition) is 0. The first-order valence-electron chi connectivity index (χ1n) is 3.39. The average molecular weight is 201 g/mol. The second-order valence-electron chi connectivity index (χ2n) is 2.11. The van der Waals surface area contributed by atoms with Crippen LogP contribution in [-0.4, -0.2) is 14.2 Å². The molecule has 0 heterocycles. The van der Waals surface area contributed by atoms with Crippen LogP contribution < -0.4 is 21.9 Å². The number of rotatable bonds is 2. The molecule has 0 unspecified atom stereocenters. The smallest absolute Gasteiger partial charge is 0.430 e. The van der Waals surface area contributed by atoms with Gasteiger partial charge in [0.15, 0.2) is 10.7 Å². The van der Waals surface area contributed by atoms with Crippen molar-refractivity contribution in [3.8, 4) is 11.5 Å². The van der Waals surface area contributed by atoms with Crippen LogP contribution in [0.2, 0.25) is 0 Å². The van der Waals surface area contributed by atoms with Crippen molar-refractivity contribution in [2.24, 2.45) is 0 Å². The summed E-state index contributed by atoms with van der Waals surface area (Å²) in [5, 5.41) is 8.56. The van der Waals surface area contributed by atoms with Crippen molar-refractivity contribution in [2.45, 2.75) is 0 Å². The molecule has 0 bridgehead atoms. The molecule has 0 aromatic heterocycles. The van der Waals surface area contributed by atoms with E-state index in [1.165, 1.54) is 14.2 Å². The first-order valence-corrected chi connectivity index (χ1v) is 3.39. The zero-order valence-electron chi connectivity index (χ0n) is 7.32. The molecule has 0 saturated heterocycles. The minimum atomic E-state index is 0. The normalized spacial score (nSPS) is 8.08. The Kier molecular flexibility index (Phi) is 4.63. The number of ether oxygens (including phenoxy) is 2. The van der Waals surface area contributed by atoms with Crippen LogP contribution in [0.15, 0.2) is 18.2 Å². The summed E-state index contributed by atoms with van der Waals surface area (Å²) in [6.45, 7) is 0. The summed E-state index contributed by atoms with van der Waals surface area (Å²) in [4.78, 5) is 3.04. The molecule has 1 rings (SSSR count). The lowest BCUT2D eigenvalue weighted by Crippen LogP contribution is -3.00. The summed E-state index contributed by atoms with van der Waals surface area (Å²) in [6.07, 6.45) is 0. The fraction of sp³-hybridized carbons (Fsp3) is 0.250. The number of diazo groups is 1. The van der Waals surface area contributed by atoms with Crippen molar-refractivity contribution in [3.63, 3.8) is 0 Å². The lowest BCUT2D eigenvalue weighted by Gasteiger charge is -2.02. The highest BCUT2D eigenvalue weighted by Gasteiger charge is 2.18. The fourth-order valence-electron chi connectivity index (χ4n) is 0.949. The third kappa shape index (κ3) is 2.23. The first kappa shape index (κ1) is 11.5. The molecular formula is C8H9ClN2O2. The van der Waals surface area contributed by atoms with Gasteiger partial charge < -0.3 is 21.9 Å². The zero-order chi connectivity index (χ0) is 8.97. The van der Waals surface area contributed by atoms with Crippen LogP contribution in [0.4, 0.5) is 5.69 Å². The van der Waals surface area contributed by atoms with Gasteiger partial charge in [0.1, 0.15) is 0 Å². The van der Waals surface area contributed by atoms with Gasteiger partial charge in [-0.1, -0.05) is 6.07 Å². The van der Waals surface area contributed by atoms with E-state index in [0.29, 0.717) is 17.2 Å². The molecule has 5 heteroatoms. The lowest BCUT2D eigenvalue weighted by molar-refractivity contribution is -0.00000321. The highest BCUT2D eigenvalue weighted by molar-refractivity contribution is 5.63. The van der Waals surface area contributed by atoms with Crippen molar-refractivity contribution >= 4 is 5.69 Å². The molecule has 13 heavy (non-hydrogen) atoms. The van der Waals surface area contributed by atoms with Crippen molar-refractivity contribution < 1.29 is 21.9 Å². The van der Waals surface area contributed by atoms with E-state index in [1.807, 2.05) is 0 Å². The van der Waals surface area contributed by atoms with Crippen molar-refractivity contribution in [3.05, 3.63) is 23.2 Å². The van der Waals surface area contributed by atoms with Gasteiger partial charge in [0.2, 0.25) is 5.39 Å². The van der Waals surface area contributed by atoms with E-state index in [2.05, 4.69) is 4.98 Å². The molecule has 1 aromatic carbocycles. The Balaban J connectivity index is 0.00000144. The van der Waals surface area contributed by atoms with Crippen LogP contribution in [0.25, 0.3) is 4.98 Å². The van der Waals surface area contributed by atoms with Crippen LogP contribution in [0.3, 0.4) is 0 Å². The molecule has 70 valence electrons. The molecule has 0 spiro atoms. The van der Waals surface area contributed by atoms with Gasteiger partial charge in [0, 0.05) is 6.07 Å². The number of para-hydroxylation sites is 1. The molecule has 0 radical (unpaired) electrons. The van der Waals surface area contributed by atoms with E-state index < -0.39 is 0 Å². The minimum Gasteiger partial charge on any atom is -1.00 e. The van der Waals surface area contributed by atoms with Gasteiger partial charge in [-0.05, 0) is 6.07 Å². The average Bonchev–Trinajstić information content (AvgIpc) is 2.16. The zero-order valence-corrected chi connectivity index (χ0v) is 8.08. The largest absolute Gasteiger partial charge is 1.00 e. The second kappa shape index (κ2) is 5.22. The Morgan fingerprint density at radius 3 is 2.38 bits per heavy atom. The van der Waals surface area contributed by atoms with Crippen molar-refractivity contribution in [1.82, 2.24) is 0 Å². The van der Waals surface area contributed by atoms with Gasteiger partial charge in [0.25, 0.3) is 5.75 Å². The first-order chi connectivity index (χ1) is 5.83. The van der Waals surface area contributed by atoms with E-state index in [-0.39, 0.29) is 12.4 Å². The molecule has 0 saturated carbocycles. The Labute approximate surface area is 82.5 Å². The summed E-state index contributed by atoms with van der Waals surface area (Å²) in [5.74, 6) is 0.982.